The molecule has 0 amide bonds. The fraction of sp³-hybridized carbons (Fsp3) is 0.938. The van der Waals surface area contributed by atoms with Crippen molar-refractivity contribution in [1.29, 1.82) is 0 Å². The third-order valence-corrected chi connectivity index (χ3v) is 4.61. The monoisotopic (exact) mass is 238 g/mol. The molecule has 0 aromatic rings. The molecule has 1 fully saturated rings. The zero-order valence-electron chi connectivity index (χ0n) is 12.8. The largest absolute Gasteiger partial charge is 0.300 e. The van der Waals surface area contributed by atoms with E-state index < -0.39 is 0 Å². The third kappa shape index (κ3) is 3.33. The van der Waals surface area contributed by atoms with E-state index in [1.807, 2.05) is 0 Å². The van der Waals surface area contributed by atoms with E-state index in [2.05, 4.69) is 41.5 Å². The molecule has 1 unspecified atom stereocenters. The van der Waals surface area contributed by atoms with Gasteiger partial charge in [-0.2, -0.15) is 0 Å². The molecule has 1 atom stereocenters. The first-order chi connectivity index (χ1) is 7.56. The van der Waals surface area contributed by atoms with Crippen LogP contribution in [0.15, 0.2) is 0 Å². The Balaban J connectivity index is 2.95. The first-order valence-electron chi connectivity index (χ1n) is 7.05. The molecule has 0 saturated heterocycles. The van der Waals surface area contributed by atoms with Gasteiger partial charge < -0.3 is 4.79 Å². The van der Waals surface area contributed by atoms with E-state index >= 15 is 0 Å². The molecule has 0 spiro atoms. The topological polar surface area (TPSA) is 17.1 Å². The molecule has 0 bridgehead atoms. The fourth-order valence-corrected chi connectivity index (χ4v) is 5.29. The minimum atomic E-state index is 0.336. The summed E-state index contributed by atoms with van der Waals surface area (Å²) in [5.74, 6) is 2.30. The molecule has 0 aliphatic heterocycles. The molecule has 0 heterocycles. The van der Waals surface area contributed by atoms with Crippen molar-refractivity contribution >= 4 is 5.78 Å². The van der Waals surface area contributed by atoms with Gasteiger partial charge >= 0.3 is 0 Å². The van der Waals surface area contributed by atoms with Crippen molar-refractivity contribution in [2.24, 2.45) is 28.6 Å². The summed E-state index contributed by atoms with van der Waals surface area (Å²) in [7, 11) is 0. The molecular formula is C16H30O. The standard InChI is InChI=1S/C16H30O/c1-11-9-15(4,5)14(16(6,7)10-11)12(2)8-13(3)17/h11-12,14H,8-10H2,1-7H3. The van der Waals surface area contributed by atoms with Crippen LogP contribution in [0.4, 0.5) is 0 Å². The summed E-state index contributed by atoms with van der Waals surface area (Å²) in [5.41, 5.74) is 0.714. The number of Topliss-reactive ketones (excluding diaryl/α,β-unsaturated/α-hetero) is 1. The lowest BCUT2D eigenvalue weighted by molar-refractivity contribution is -0.120. The van der Waals surface area contributed by atoms with Gasteiger partial charge in [0, 0.05) is 6.42 Å². The Hall–Kier alpha value is -0.330. The number of carbonyl (C=O) groups excluding carboxylic acids is 1. The second-order valence-corrected chi connectivity index (χ2v) is 7.85. The first kappa shape index (κ1) is 14.7. The van der Waals surface area contributed by atoms with Gasteiger partial charge in [-0.3, -0.25) is 0 Å². The summed E-state index contributed by atoms with van der Waals surface area (Å²) < 4.78 is 0. The normalized spacial score (nSPS) is 33.1. The Bertz CT molecular complexity index is 270. The Labute approximate surface area is 107 Å². The van der Waals surface area contributed by atoms with E-state index in [0.717, 1.165) is 12.3 Å². The van der Waals surface area contributed by atoms with Gasteiger partial charge in [-0.1, -0.05) is 41.5 Å². The van der Waals surface area contributed by atoms with E-state index in [4.69, 9.17) is 0 Å². The molecule has 0 N–H and O–H groups in total. The van der Waals surface area contributed by atoms with Gasteiger partial charge in [-0.05, 0) is 48.3 Å². The van der Waals surface area contributed by atoms with Gasteiger partial charge in [0.25, 0.3) is 0 Å². The van der Waals surface area contributed by atoms with E-state index in [-0.39, 0.29) is 0 Å². The summed E-state index contributed by atoms with van der Waals surface area (Å²) in [4.78, 5) is 11.4. The summed E-state index contributed by atoms with van der Waals surface area (Å²) >= 11 is 0. The highest BCUT2D eigenvalue weighted by Crippen LogP contribution is 2.56. The fourth-order valence-electron chi connectivity index (χ4n) is 5.29. The third-order valence-electron chi connectivity index (χ3n) is 4.61. The quantitative estimate of drug-likeness (QED) is 0.696. The Morgan fingerprint density at radius 1 is 1.18 bits per heavy atom. The minimum Gasteiger partial charge on any atom is -0.300 e. The van der Waals surface area contributed by atoms with Crippen molar-refractivity contribution in [3.05, 3.63) is 0 Å². The molecule has 1 rings (SSSR count). The SMILES string of the molecule is CC(=O)CC(C)C1C(C)(C)CC(C)CC1(C)C. The number of hydrogen-bond donors (Lipinski definition) is 0. The summed E-state index contributed by atoms with van der Waals surface area (Å²) in [6, 6.07) is 0. The highest BCUT2D eigenvalue weighted by molar-refractivity contribution is 5.75. The average Bonchev–Trinajstić information content (AvgIpc) is 1.93. The molecule has 0 aromatic carbocycles. The number of hydrogen-bond acceptors (Lipinski definition) is 1. The highest BCUT2D eigenvalue weighted by atomic mass is 16.1. The van der Waals surface area contributed by atoms with Crippen molar-refractivity contribution in [2.75, 3.05) is 0 Å². The van der Waals surface area contributed by atoms with Crippen LogP contribution < -0.4 is 0 Å². The van der Waals surface area contributed by atoms with E-state index in [1.54, 1.807) is 6.92 Å². The van der Waals surface area contributed by atoms with Crippen LogP contribution in [0.5, 0.6) is 0 Å². The van der Waals surface area contributed by atoms with Crippen molar-refractivity contribution in [1.82, 2.24) is 0 Å². The smallest absolute Gasteiger partial charge is 0.130 e. The summed E-state index contributed by atoms with van der Waals surface area (Å²) in [5, 5.41) is 0. The van der Waals surface area contributed by atoms with Gasteiger partial charge in [-0.15, -0.1) is 0 Å². The summed E-state index contributed by atoms with van der Waals surface area (Å²) in [6.45, 7) is 15.9. The van der Waals surface area contributed by atoms with Crippen LogP contribution in [0.2, 0.25) is 0 Å². The van der Waals surface area contributed by atoms with Crippen LogP contribution >= 0.6 is 0 Å². The number of rotatable bonds is 3. The van der Waals surface area contributed by atoms with E-state index in [1.165, 1.54) is 12.8 Å². The Morgan fingerprint density at radius 3 is 1.94 bits per heavy atom. The maximum absolute atomic E-state index is 11.4. The number of ketones is 1. The van der Waals surface area contributed by atoms with Crippen molar-refractivity contribution in [3.63, 3.8) is 0 Å². The van der Waals surface area contributed by atoms with Crippen LogP contribution in [-0.2, 0) is 4.79 Å². The van der Waals surface area contributed by atoms with Crippen LogP contribution in [0.1, 0.15) is 67.7 Å². The van der Waals surface area contributed by atoms with Crippen molar-refractivity contribution < 1.29 is 4.79 Å². The predicted molar refractivity (Wildman–Crippen MR) is 73.9 cm³/mol. The van der Waals surface area contributed by atoms with Gasteiger partial charge in [-0.25, -0.2) is 0 Å². The van der Waals surface area contributed by atoms with Crippen LogP contribution in [0.25, 0.3) is 0 Å². The van der Waals surface area contributed by atoms with Crippen molar-refractivity contribution in [2.45, 2.75) is 67.7 Å². The maximum atomic E-state index is 11.4. The number of carbonyl (C=O) groups is 1. The average molecular weight is 238 g/mol. The molecule has 1 aliphatic rings. The molecule has 17 heavy (non-hydrogen) atoms. The molecule has 100 valence electrons. The molecule has 0 radical (unpaired) electrons. The predicted octanol–water partition coefficient (Wildman–Crippen LogP) is 4.70. The molecule has 1 saturated carbocycles. The minimum absolute atomic E-state index is 0.336. The van der Waals surface area contributed by atoms with Gasteiger partial charge in [0.15, 0.2) is 0 Å². The Morgan fingerprint density at radius 2 is 1.59 bits per heavy atom. The molecular weight excluding hydrogens is 208 g/mol. The zero-order valence-corrected chi connectivity index (χ0v) is 12.8. The lowest BCUT2D eigenvalue weighted by Gasteiger charge is -2.54. The maximum Gasteiger partial charge on any atom is 0.130 e. The highest BCUT2D eigenvalue weighted by Gasteiger charge is 2.48. The lowest BCUT2D eigenvalue weighted by Crippen LogP contribution is -2.46. The lowest BCUT2D eigenvalue weighted by atomic mass is 9.51. The second-order valence-electron chi connectivity index (χ2n) is 7.85. The van der Waals surface area contributed by atoms with Gasteiger partial charge in [0.2, 0.25) is 0 Å². The molecule has 1 aliphatic carbocycles. The van der Waals surface area contributed by atoms with E-state index in [9.17, 15) is 4.79 Å². The first-order valence-corrected chi connectivity index (χ1v) is 7.05. The molecule has 0 aromatic heterocycles. The van der Waals surface area contributed by atoms with Crippen LogP contribution in [0, 0.1) is 28.6 Å². The van der Waals surface area contributed by atoms with Crippen LogP contribution in [0.3, 0.4) is 0 Å². The zero-order chi connectivity index (χ0) is 13.4. The van der Waals surface area contributed by atoms with Crippen molar-refractivity contribution in [3.8, 4) is 0 Å². The molecule has 1 nitrogen and oxygen atoms in total. The van der Waals surface area contributed by atoms with E-state index in [0.29, 0.717) is 28.4 Å². The second kappa shape index (κ2) is 4.74. The summed E-state index contributed by atoms with van der Waals surface area (Å²) in [6.07, 6.45) is 3.33. The van der Waals surface area contributed by atoms with Crippen LogP contribution in [-0.4, -0.2) is 5.78 Å². The van der Waals surface area contributed by atoms with Gasteiger partial charge in [0.1, 0.15) is 5.78 Å². The Kier molecular flexibility index (Phi) is 4.11. The van der Waals surface area contributed by atoms with Gasteiger partial charge in [0.05, 0.1) is 0 Å². The molecule has 1 heteroatoms.